The van der Waals surface area contributed by atoms with Gasteiger partial charge in [-0.25, -0.2) is 0 Å². The molecule has 2 heteroatoms. The molecular formula is C60H40N2. The number of nitrogens with zero attached hydrogens (tertiary/aromatic N) is 2. The molecular weight excluding hydrogens is 749 g/mol. The van der Waals surface area contributed by atoms with Crippen LogP contribution < -0.4 is 0 Å². The van der Waals surface area contributed by atoms with Crippen molar-refractivity contribution in [3.63, 3.8) is 0 Å². The Hall–Kier alpha value is -8.20. The van der Waals surface area contributed by atoms with Crippen molar-refractivity contribution < 1.29 is 0 Å². The second-order valence-corrected chi connectivity index (χ2v) is 16.0. The first kappa shape index (κ1) is 35.7. The van der Waals surface area contributed by atoms with Crippen LogP contribution in [-0.2, 0) is 0 Å². The van der Waals surface area contributed by atoms with Gasteiger partial charge >= 0.3 is 0 Å². The Labute approximate surface area is 360 Å². The SMILES string of the molecule is c1ccc(-c2c(-c3ccccc3)c(-c3ccccc3)c3c(c2-c2ccccc2)c2cccc(-c4ccc5c(c4)c4ccccc4n5-c4ccccc4)c2n3-c2ccccc2)cc1. The fourth-order valence-electron chi connectivity index (χ4n) is 9.95. The summed E-state index contributed by atoms with van der Waals surface area (Å²) in [7, 11) is 0. The Bertz CT molecular complexity index is 3570. The minimum Gasteiger partial charge on any atom is -0.309 e. The smallest absolute Gasteiger partial charge is 0.0632 e. The van der Waals surface area contributed by atoms with E-state index in [9.17, 15) is 0 Å². The van der Waals surface area contributed by atoms with Crippen molar-refractivity contribution in [1.29, 1.82) is 0 Å². The zero-order valence-corrected chi connectivity index (χ0v) is 34.0. The predicted molar refractivity (Wildman–Crippen MR) is 262 cm³/mol. The van der Waals surface area contributed by atoms with Crippen molar-refractivity contribution in [3.05, 3.63) is 243 Å². The summed E-state index contributed by atoms with van der Waals surface area (Å²) in [6.07, 6.45) is 0. The monoisotopic (exact) mass is 788 g/mol. The van der Waals surface area contributed by atoms with Crippen LogP contribution in [0.15, 0.2) is 243 Å². The maximum absolute atomic E-state index is 2.56. The topological polar surface area (TPSA) is 9.86 Å². The van der Waals surface area contributed by atoms with E-state index in [2.05, 4.69) is 252 Å². The van der Waals surface area contributed by atoms with Gasteiger partial charge in [0.1, 0.15) is 0 Å². The Balaban J connectivity index is 1.31. The van der Waals surface area contributed by atoms with E-state index in [0.29, 0.717) is 0 Å². The lowest BCUT2D eigenvalue weighted by atomic mass is 9.80. The van der Waals surface area contributed by atoms with Crippen LogP contribution in [0.2, 0.25) is 0 Å². The largest absolute Gasteiger partial charge is 0.309 e. The second-order valence-electron chi connectivity index (χ2n) is 16.0. The molecule has 0 amide bonds. The summed E-state index contributed by atoms with van der Waals surface area (Å²) in [4.78, 5) is 0. The summed E-state index contributed by atoms with van der Waals surface area (Å²) in [6, 6.07) is 88.5. The number of para-hydroxylation sites is 4. The molecule has 0 bridgehead atoms. The van der Waals surface area contributed by atoms with Crippen LogP contribution in [0.1, 0.15) is 0 Å². The minimum atomic E-state index is 1.12. The van der Waals surface area contributed by atoms with E-state index in [1.807, 2.05) is 0 Å². The van der Waals surface area contributed by atoms with Crippen molar-refractivity contribution in [2.45, 2.75) is 0 Å². The maximum Gasteiger partial charge on any atom is 0.0632 e. The van der Waals surface area contributed by atoms with Crippen molar-refractivity contribution >= 4 is 43.6 Å². The maximum atomic E-state index is 2.56. The molecule has 0 aliphatic heterocycles. The molecule has 0 atom stereocenters. The molecule has 0 aliphatic rings. The van der Waals surface area contributed by atoms with E-state index in [-0.39, 0.29) is 0 Å². The Morgan fingerprint density at radius 2 is 0.677 bits per heavy atom. The molecule has 290 valence electrons. The molecule has 0 aliphatic carbocycles. The van der Waals surface area contributed by atoms with Gasteiger partial charge in [-0.3, -0.25) is 0 Å². The molecule has 0 saturated heterocycles. The van der Waals surface area contributed by atoms with Crippen LogP contribution in [-0.4, -0.2) is 9.13 Å². The molecule has 0 fully saturated rings. The van der Waals surface area contributed by atoms with E-state index in [4.69, 9.17) is 0 Å². The standard InChI is InChI=1S/C60H40N2/c1-7-22-41(23-8-1)54-55(42-24-9-2-10-25-42)57(44-28-13-4-14-29-44)60-58(56(54)43-26-11-3-12-27-43)50-36-21-35-48(59(50)62(60)47-32-17-6-18-33-47)45-38-39-53-51(40-45)49-34-19-20-37-52(49)61(53)46-30-15-5-16-31-46/h1-40H. The van der Waals surface area contributed by atoms with Gasteiger partial charge in [-0.15, -0.1) is 0 Å². The summed E-state index contributed by atoms with van der Waals surface area (Å²) in [5, 5.41) is 4.91. The van der Waals surface area contributed by atoms with Gasteiger partial charge in [-0.1, -0.05) is 200 Å². The molecule has 12 aromatic rings. The fourth-order valence-corrected chi connectivity index (χ4v) is 9.95. The lowest BCUT2D eigenvalue weighted by molar-refractivity contribution is 1.18. The molecule has 0 saturated carbocycles. The first-order valence-corrected chi connectivity index (χ1v) is 21.4. The molecule has 0 radical (unpaired) electrons. The average molecular weight is 789 g/mol. The summed E-state index contributed by atoms with van der Waals surface area (Å²) < 4.78 is 4.96. The van der Waals surface area contributed by atoms with E-state index < -0.39 is 0 Å². The molecule has 0 unspecified atom stereocenters. The molecule has 10 aromatic carbocycles. The van der Waals surface area contributed by atoms with Crippen molar-refractivity contribution in [2.24, 2.45) is 0 Å². The number of fused-ring (bicyclic) bond motifs is 6. The van der Waals surface area contributed by atoms with Gasteiger partial charge in [0, 0.05) is 55.2 Å². The minimum absolute atomic E-state index is 1.12. The van der Waals surface area contributed by atoms with E-state index in [1.165, 1.54) is 99.2 Å². The third kappa shape index (κ3) is 5.65. The van der Waals surface area contributed by atoms with Crippen molar-refractivity contribution in [1.82, 2.24) is 9.13 Å². The van der Waals surface area contributed by atoms with Crippen LogP contribution in [0.5, 0.6) is 0 Å². The summed E-state index contributed by atoms with van der Waals surface area (Å²) in [5.74, 6) is 0. The summed E-state index contributed by atoms with van der Waals surface area (Å²) in [6.45, 7) is 0. The third-order valence-electron chi connectivity index (χ3n) is 12.5. The van der Waals surface area contributed by atoms with Crippen molar-refractivity contribution in [2.75, 3.05) is 0 Å². The number of hydrogen-bond acceptors (Lipinski definition) is 0. The van der Waals surface area contributed by atoms with Crippen molar-refractivity contribution in [3.8, 4) is 67.0 Å². The number of aromatic nitrogens is 2. The van der Waals surface area contributed by atoms with Gasteiger partial charge in [0.15, 0.2) is 0 Å². The molecule has 2 heterocycles. The second kappa shape index (κ2) is 14.8. The van der Waals surface area contributed by atoms with Gasteiger partial charge < -0.3 is 9.13 Å². The quantitative estimate of drug-likeness (QED) is 0.152. The number of hydrogen-bond donors (Lipinski definition) is 0. The first-order chi connectivity index (χ1) is 30.8. The number of benzene rings is 10. The highest BCUT2D eigenvalue weighted by Crippen LogP contribution is 2.55. The Kier molecular flexibility index (Phi) is 8.53. The summed E-state index contributed by atoms with van der Waals surface area (Å²) in [5.41, 5.74) is 19.0. The molecule has 2 aromatic heterocycles. The van der Waals surface area contributed by atoms with Gasteiger partial charge in [0.2, 0.25) is 0 Å². The molecule has 62 heavy (non-hydrogen) atoms. The third-order valence-corrected chi connectivity index (χ3v) is 12.5. The van der Waals surface area contributed by atoms with Crippen LogP contribution in [0.4, 0.5) is 0 Å². The van der Waals surface area contributed by atoms with E-state index in [0.717, 1.165) is 11.4 Å². The average Bonchev–Trinajstić information content (AvgIpc) is 3.88. The van der Waals surface area contributed by atoms with Gasteiger partial charge in [-0.05, 0) is 75.8 Å². The fraction of sp³-hybridized carbons (Fsp3) is 0. The first-order valence-electron chi connectivity index (χ1n) is 21.4. The zero-order valence-electron chi connectivity index (χ0n) is 34.0. The van der Waals surface area contributed by atoms with Crippen LogP contribution >= 0.6 is 0 Å². The molecule has 0 N–H and O–H groups in total. The van der Waals surface area contributed by atoms with Crippen LogP contribution in [0.3, 0.4) is 0 Å². The highest BCUT2D eigenvalue weighted by molar-refractivity contribution is 6.28. The normalized spacial score (nSPS) is 11.5. The predicted octanol–water partition coefficient (Wildman–Crippen LogP) is 16.2. The lowest BCUT2D eigenvalue weighted by Crippen LogP contribution is -2.01. The molecule has 12 rings (SSSR count). The van der Waals surface area contributed by atoms with Crippen LogP contribution in [0, 0.1) is 0 Å². The Morgan fingerprint density at radius 1 is 0.242 bits per heavy atom. The highest BCUT2D eigenvalue weighted by atomic mass is 15.0. The molecule has 2 nitrogen and oxygen atoms in total. The van der Waals surface area contributed by atoms with Gasteiger partial charge in [0.25, 0.3) is 0 Å². The molecule has 0 spiro atoms. The van der Waals surface area contributed by atoms with Gasteiger partial charge in [-0.2, -0.15) is 0 Å². The summed E-state index contributed by atoms with van der Waals surface area (Å²) >= 11 is 0. The van der Waals surface area contributed by atoms with Crippen LogP contribution in [0.25, 0.3) is 111 Å². The van der Waals surface area contributed by atoms with E-state index in [1.54, 1.807) is 0 Å². The number of rotatable bonds is 7. The highest BCUT2D eigenvalue weighted by Gasteiger charge is 2.30. The van der Waals surface area contributed by atoms with Gasteiger partial charge in [0.05, 0.1) is 22.1 Å². The lowest BCUT2D eigenvalue weighted by Gasteiger charge is -2.24. The Morgan fingerprint density at radius 3 is 1.26 bits per heavy atom. The van der Waals surface area contributed by atoms with E-state index >= 15 is 0 Å². The zero-order chi connectivity index (χ0) is 41.0.